The number of hydrogen-bond donors (Lipinski definition) is 0. The molecule has 6 heteroatoms. The highest BCUT2D eigenvalue weighted by Crippen LogP contribution is 2.13. The first kappa shape index (κ1) is 64.8. The van der Waals surface area contributed by atoms with Crippen molar-refractivity contribution < 1.29 is 28.6 Å². The van der Waals surface area contributed by atoms with Gasteiger partial charge in [0.1, 0.15) is 13.2 Å². The molecule has 0 amide bonds. The van der Waals surface area contributed by atoms with Crippen LogP contribution in [0.3, 0.4) is 0 Å². The van der Waals surface area contributed by atoms with E-state index in [0.29, 0.717) is 19.3 Å². The van der Waals surface area contributed by atoms with E-state index >= 15 is 0 Å². The van der Waals surface area contributed by atoms with E-state index in [1.165, 1.54) is 64.2 Å². The van der Waals surface area contributed by atoms with E-state index in [1.807, 2.05) is 0 Å². The van der Waals surface area contributed by atoms with E-state index in [1.54, 1.807) is 0 Å². The lowest BCUT2D eigenvalue weighted by Crippen LogP contribution is -2.30. The van der Waals surface area contributed by atoms with Crippen LogP contribution in [0.1, 0.15) is 239 Å². The molecule has 1 unspecified atom stereocenters. The molecule has 0 bridgehead atoms. The number of rotatable bonds is 49. The number of allylic oxidation sites excluding steroid dienone is 20. The minimum atomic E-state index is -0.823. The highest BCUT2D eigenvalue weighted by Gasteiger charge is 2.19. The minimum Gasteiger partial charge on any atom is -0.462 e. The molecular formula is C63H102O6. The summed E-state index contributed by atoms with van der Waals surface area (Å²) in [6, 6.07) is 0. The van der Waals surface area contributed by atoms with Gasteiger partial charge in [-0.2, -0.15) is 0 Å². The highest BCUT2D eigenvalue weighted by molar-refractivity contribution is 5.71. The van der Waals surface area contributed by atoms with Gasteiger partial charge in [-0.05, 0) is 128 Å². The zero-order valence-corrected chi connectivity index (χ0v) is 44.5. The number of hydrogen-bond acceptors (Lipinski definition) is 6. The quantitative estimate of drug-likeness (QED) is 0.0262. The molecule has 0 aliphatic carbocycles. The van der Waals surface area contributed by atoms with E-state index in [9.17, 15) is 14.4 Å². The Morgan fingerprint density at radius 2 is 0.580 bits per heavy atom. The molecule has 0 aliphatic rings. The molecule has 0 aliphatic heterocycles. The van der Waals surface area contributed by atoms with Crippen molar-refractivity contribution in [2.45, 2.75) is 245 Å². The van der Waals surface area contributed by atoms with E-state index < -0.39 is 6.10 Å². The van der Waals surface area contributed by atoms with Crippen molar-refractivity contribution in [1.29, 1.82) is 0 Å². The SMILES string of the molecule is CC/C=C\C/C=C\C/C=C\C/C=C\C/C=C\CCCC(=O)OC(COC(=O)CCCCCCC/C=C\C/C=C\CCCCC)COC(=O)CCCCCCCC/C=C\C/C=C\C/C=C\CCCCC. The molecule has 0 aromatic rings. The molecule has 0 radical (unpaired) electrons. The molecule has 69 heavy (non-hydrogen) atoms. The molecular weight excluding hydrogens is 853 g/mol. The molecule has 390 valence electrons. The lowest BCUT2D eigenvalue weighted by Gasteiger charge is -2.18. The van der Waals surface area contributed by atoms with E-state index in [0.717, 1.165) is 128 Å². The molecule has 0 aromatic carbocycles. The Bertz CT molecular complexity index is 1470. The van der Waals surface area contributed by atoms with Gasteiger partial charge in [-0.15, -0.1) is 0 Å². The van der Waals surface area contributed by atoms with Gasteiger partial charge in [-0.25, -0.2) is 0 Å². The summed E-state index contributed by atoms with van der Waals surface area (Å²) in [5.74, 6) is -1.00. The smallest absolute Gasteiger partial charge is 0.306 e. The van der Waals surface area contributed by atoms with Crippen LogP contribution < -0.4 is 0 Å². The molecule has 0 spiro atoms. The summed E-state index contributed by atoms with van der Waals surface area (Å²) >= 11 is 0. The van der Waals surface area contributed by atoms with Crippen LogP contribution in [0.4, 0.5) is 0 Å². The first-order valence-electron chi connectivity index (χ1n) is 28.0. The van der Waals surface area contributed by atoms with Crippen molar-refractivity contribution in [3.8, 4) is 0 Å². The predicted octanol–water partition coefficient (Wildman–Crippen LogP) is 18.9. The van der Waals surface area contributed by atoms with Crippen LogP contribution in [0, 0.1) is 0 Å². The van der Waals surface area contributed by atoms with Crippen LogP contribution in [0.25, 0.3) is 0 Å². The van der Waals surface area contributed by atoms with Crippen LogP contribution in [-0.2, 0) is 28.6 Å². The number of carbonyl (C=O) groups is 3. The summed E-state index contributed by atoms with van der Waals surface area (Å²) < 4.78 is 16.8. The molecule has 0 saturated carbocycles. The van der Waals surface area contributed by atoms with Crippen LogP contribution in [0.2, 0.25) is 0 Å². The largest absolute Gasteiger partial charge is 0.462 e. The van der Waals surface area contributed by atoms with Crippen LogP contribution in [0.5, 0.6) is 0 Å². The Morgan fingerprint density at radius 1 is 0.304 bits per heavy atom. The zero-order valence-electron chi connectivity index (χ0n) is 44.5. The molecule has 0 fully saturated rings. The third kappa shape index (κ3) is 54.6. The monoisotopic (exact) mass is 955 g/mol. The number of unbranched alkanes of at least 4 members (excludes halogenated alkanes) is 18. The lowest BCUT2D eigenvalue weighted by atomic mass is 10.1. The van der Waals surface area contributed by atoms with Crippen LogP contribution in [0.15, 0.2) is 122 Å². The van der Waals surface area contributed by atoms with Crippen molar-refractivity contribution in [3.63, 3.8) is 0 Å². The maximum Gasteiger partial charge on any atom is 0.306 e. The van der Waals surface area contributed by atoms with E-state index in [2.05, 4.69) is 142 Å². The third-order valence-electron chi connectivity index (χ3n) is 11.4. The van der Waals surface area contributed by atoms with Gasteiger partial charge in [0.2, 0.25) is 0 Å². The van der Waals surface area contributed by atoms with E-state index in [-0.39, 0.29) is 37.5 Å². The van der Waals surface area contributed by atoms with Gasteiger partial charge < -0.3 is 14.2 Å². The van der Waals surface area contributed by atoms with Gasteiger partial charge in [0, 0.05) is 19.3 Å². The lowest BCUT2D eigenvalue weighted by molar-refractivity contribution is -0.167. The topological polar surface area (TPSA) is 78.9 Å². The molecule has 0 aromatic heterocycles. The molecule has 0 N–H and O–H groups in total. The molecule has 6 nitrogen and oxygen atoms in total. The van der Waals surface area contributed by atoms with Crippen molar-refractivity contribution in [2.75, 3.05) is 13.2 Å². The Balaban J connectivity index is 4.54. The maximum atomic E-state index is 12.8. The van der Waals surface area contributed by atoms with Gasteiger partial charge in [-0.3, -0.25) is 14.4 Å². The summed E-state index contributed by atoms with van der Waals surface area (Å²) in [5.41, 5.74) is 0. The van der Waals surface area contributed by atoms with Gasteiger partial charge >= 0.3 is 17.9 Å². The second kappa shape index (κ2) is 56.4. The summed E-state index contributed by atoms with van der Waals surface area (Å²) in [6.45, 7) is 6.39. The first-order valence-corrected chi connectivity index (χ1v) is 28.0. The van der Waals surface area contributed by atoms with Crippen LogP contribution >= 0.6 is 0 Å². The fourth-order valence-corrected chi connectivity index (χ4v) is 7.22. The van der Waals surface area contributed by atoms with Gasteiger partial charge in [-0.1, -0.05) is 213 Å². The van der Waals surface area contributed by atoms with Crippen molar-refractivity contribution in [2.24, 2.45) is 0 Å². The molecule has 0 heterocycles. The number of esters is 3. The maximum absolute atomic E-state index is 12.8. The first-order chi connectivity index (χ1) is 34.0. The van der Waals surface area contributed by atoms with Crippen molar-refractivity contribution >= 4 is 17.9 Å². The standard InChI is InChI=1S/C63H102O6/c1-4-7-10-13-16-19-22-25-28-30-31-33-35-38-41-44-47-50-53-56-62(65)68-59-60(58-67-61(64)55-52-49-46-43-40-37-34-27-24-21-18-15-12-9-6-3)69-63(66)57-54-51-48-45-42-39-36-32-29-26-23-20-17-14-11-8-5-2/h8,11,16-21,25-29,31,33-34,36,39,45,48,60H,4-7,9-10,12-15,22-24,30,32,35,37-38,40-44,46-47,49-59H2,1-3H3/b11-8-,19-16-,20-17-,21-18-,28-25-,29-26-,33-31-,34-27-,39-36-,48-45-. The predicted molar refractivity (Wildman–Crippen MR) is 297 cm³/mol. The average Bonchev–Trinajstić information content (AvgIpc) is 3.35. The Kier molecular flexibility index (Phi) is 53.0. The third-order valence-corrected chi connectivity index (χ3v) is 11.4. The van der Waals surface area contributed by atoms with Gasteiger partial charge in [0.15, 0.2) is 6.10 Å². The summed E-state index contributed by atoms with van der Waals surface area (Å²) in [7, 11) is 0. The van der Waals surface area contributed by atoms with E-state index in [4.69, 9.17) is 14.2 Å². The van der Waals surface area contributed by atoms with Gasteiger partial charge in [0.25, 0.3) is 0 Å². The molecule has 0 saturated heterocycles. The normalized spacial score (nSPS) is 13.0. The highest BCUT2D eigenvalue weighted by atomic mass is 16.6. The Hall–Kier alpha value is -4.19. The summed E-state index contributed by atoms with van der Waals surface area (Å²) in [6.07, 6.45) is 77.5. The molecule has 0 rings (SSSR count). The van der Waals surface area contributed by atoms with Crippen molar-refractivity contribution in [1.82, 2.24) is 0 Å². The molecule has 1 atom stereocenters. The zero-order chi connectivity index (χ0) is 50.0. The second-order valence-electron chi connectivity index (χ2n) is 18.1. The number of carbonyl (C=O) groups excluding carboxylic acids is 3. The Labute approximate surface area is 424 Å². The van der Waals surface area contributed by atoms with Crippen molar-refractivity contribution in [3.05, 3.63) is 122 Å². The fraction of sp³-hybridized carbons (Fsp3) is 0.635. The summed E-state index contributed by atoms with van der Waals surface area (Å²) in [4.78, 5) is 38.1. The van der Waals surface area contributed by atoms with Gasteiger partial charge in [0.05, 0.1) is 0 Å². The second-order valence-corrected chi connectivity index (χ2v) is 18.1. The fourth-order valence-electron chi connectivity index (χ4n) is 7.22. The summed E-state index contributed by atoms with van der Waals surface area (Å²) in [5, 5.41) is 0. The Morgan fingerprint density at radius 3 is 0.928 bits per heavy atom. The van der Waals surface area contributed by atoms with Crippen LogP contribution in [-0.4, -0.2) is 37.2 Å². The minimum absolute atomic E-state index is 0.115. The number of ether oxygens (including phenoxy) is 3. The average molecular weight is 956 g/mol.